The maximum absolute atomic E-state index is 13.3. The topological polar surface area (TPSA) is 70.6 Å². The summed E-state index contributed by atoms with van der Waals surface area (Å²) < 4.78 is 18.6. The molecule has 3 N–H and O–H groups in total. The van der Waals surface area contributed by atoms with Crippen LogP contribution >= 0.6 is 0 Å². The molecule has 6 heteroatoms. The fraction of sp³-hybridized carbons (Fsp3) is 0.533. The Morgan fingerprint density at radius 2 is 2.29 bits per heavy atom. The first-order valence-electron chi connectivity index (χ1n) is 7.14. The minimum atomic E-state index is -0.658. The molecule has 0 aromatic heterocycles. The van der Waals surface area contributed by atoms with E-state index in [1.54, 1.807) is 18.2 Å². The molecule has 21 heavy (non-hydrogen) atoms. The van der Waals surface area contributed by atoms with Crippen LogP contribution < -0.4 is 10.6 Å². The molecule has 0 aliphatic carbocycles. The van der Waals surface area contributed by atoms with E-state index < -0.39 is 6.10 Å². The molecule has 2 atom stereocenters. The standard InChI is InChI=1S/C15H21FN2O3/c16-14-4-2-1-3-11(14)9-21-10-13(19)8-17-7-12-5-6-15(20)18-12/h1-4,12-13,17,19H,5-10H2,(H,18,20). The second-order valence-corrected chi connectivity index (χ2v) is 5.22. The monoisotopic (exact) mass is 296 g/mol. The summed E-state index contributed by atoms with van der Waals surface area (Å²) in [5, 5.41) is 15.7. The second-order valence-electron chi connectivity index (χ2n) is 5.22. The smallest absolute Gasteiger partial charge is 0.220 e. The third kappa shape index (κ3) is 5.41. The Bertz CT molecular complexity index is 470. The van der Waals surface area contributed by atoms with E-state index >= 15 is 0 Å². The Hall–Kier alpha value is -1.50. The van der Waals surface area contributed by atoms with E-state index in [1.807, 2.05) is 0 Å². The van der Waals surface area contributed by atoms with Crippen molar-refractivity contribution in [1.29, 1.82) is 0 Å². The number of hydrogen-bond donors (Lipinski definition) is 3. The van der Waals surface area contributed by atoms with Gasteiger partial charge in [0, 0.05) is 31.1 Å². The second kappa shape index (κ2) is 8.07. The van der Waals surface area contributed by atoms with Gasteiger partial charge in [-0.2, -0.15) is 0 Å². The molecule has 1 aromatic carbocycles. The molecule has 2 rings (SSSR count). The van der Waals surface area contributed by atoms with Crippen LogP contribution in [0.25, 0.3) is 0 Å². The number of aliphatic hydroxyl groups excluding tert-OH is 1. The average Bonchev–Trinajstić information content (AvgIpc) is 2.87. The Morgan fingerprint density at radius 3 is 3.00 bits per heavy atom. The van der Waals surface area contributed by atoms with Gasteiger partial charge in [-0.3, -0.25) is 4.79 Å². The van der Waals surface area contributed by atoms with Crippen LogP contribution in [0, 0.1) is 5.82 Å². The number of rotatable bonds is 8. The van der Waals surface area contributed by atoms with Gasteiger partial charge in [0.1, 0.15) is 5.82 Å². The Labute approximate surface area is 123 Å². The molecule has 0 saturated carbocycles. The molecule has 1 aliphatic rings. The quantitative estimate of drug-likeness (QED) is 0.656. The molecule has 1 saturated heterocycles. The van der Waals surface area contributed by atoms with Gasteiger partial charge in [0.15, 0.2) is 0 Å². The van der Waals surface area contributed by atoms with Crippen molar-refractivity contribution in [3.8, 4) is 0 Å². The van der Waals surface area contributed by atoms with Gasteiger partial charge in [0.05, 0.1) is 19.3 Å². The van der Waals surface area contributed by atoms with E-state index in [0.717, 1.165) is 6.42 Å². The normalized spacial score (nSPS) is 19.5. The van der Waals surface area contributed by atoms with Crippen molar-refractivity contribution >= 4 is 5.91 Å². The minimum Gasteiger partial charge on any atom is -0.389 e. The molecule has 0 radical (unpaired) electrons. The van der Waals surface area contributed by atoms with Crippen molar-refractivity contribution in [2.75, 3.05) is 19.7 Å². The zero-order valence-electron chi connectivity index (χ0n) is 11.8. The molecule has 116 valence electrons. The molecule has 0 bridgehead atoms. The lowest BCUT2D eigenvalue weighted by molar-refractivity contribution is -0.119. The molecule has 0 spiro atoms. The number of amides is 1. The molecule has 1 aromatic rings. The first-order valence-corrected chi connectivity index (χ1v) is 7.14. The summed E-state index contributed by atoms with van der Waals surface area (Å²) in [5.41, 5.74) is 0.478. The number of hydrogen-bond acceptors (Lipinski definition) is 4. The highest BCUT2D eigenvalue weighted by atomic mass is 19.1. The van der Waals surface area contributed by atoms with Crippen LogP contribution in [-0.2, 0) is 16.1 Å². The highest BCUT2D eigenvalue weighted by Gasteiger charge is 2.20. The molecule has 2 unspecified atom stereocenters. The zero-order valence-corrected chi connectivity index (χ0v) is 11.8. The van der Waals surface area contributed by atoms with Gasteiger partial charge >= 0.3 is 0 Å². The van der Waals surface area contributed by atoms with Gasteiger partial charge < -0.3 is 20.5 Å². The van der Waals surface area contributed by atoms with Gasteiger partial charge in [-0.25, -0.2) is 4.39 Å². The maximum atomic E-state index is 13.3. The van der Waals surface area contributed by atoms with Crippen molar-refractivity contribution < 1.29 is 19.0 Å². The lowest BCUT2D eigenvalue weighted by Crippen LogP contribution is -2.39. The molecule has 1 aliphatic heterocycles. The minimum absolute atomic E-state index is 0.0792. The zero-order chi connectivity index (χ0) is 15.1. The van der Waals surface area contributed by atoms with Crippen molar-refractivity contribution in [1.82, 2.24) is 10.6 Å². The number of ether oxygens (including phenoxy) is 1. The predicted molar refractivity (Wildman–Crippen MR) is 76.1 cm³/mol. The fourth-order valence-electron chi connectivity index (χ4n) is 2.23. The van der Waals surface area contributed by atoms with Crippen molar-refractivity contribution in [3.05, 3.63) is 35.6 Å². The molecule has 1 amide bonds. The molecule has 1 fully saturated rings. The summed E-state index contributed by atoms with van der Waals surface area (Å²) in [5.74, 6) is -0.224. The number of nitrogens with one attached hydrogen (secondary N) is 2. The Kier molecular flexibility index (Phi) is 6.10. The molecule has 5 nitrogen and oxygen atoms in total. The number of halogens is 1. The van der Waals surface area contributed by atoms with Crippen LogP contribution in [0.4, 0.5) is 4.39 Å². The fourth-order valence-corrected chi connectivity index (χ4v) is 2.23. The van der Waals surface area contributed by atoms with Crippen LogP contribution in [0.5, 0.6) is 0 Å². The molecular weight excluding hydrogens is 275 g/mol. The summed E-state index contributed by atoms with van der Waals surface area (Å²) in [6.07, 6.45) is 0.737. The van der Waals surface area contributed by atoms with Crippen LogP contribution in [0.1, 0.15) is 18.4 Å². The van der Waals surface area contributed by atoms with E-state index in [1.165, 1.54) is 6.07 Å². The van der Waals surface area contributed by atoms with E-state index in [2.05, 4.69) is 10.6 Å². The van der Waals surface area contributed by atoms with E-state index in [4.69, 9.17) is 4.74 Å². The molecular formula is C15H21FN2O3. The maximum Gasteiger partial charge on any atom is 0.220 e. The Morgan fingerprint density at radius 1 is 1.48 bits per heavy atom. The van der Waals surface area contributed by atoms with Gasteiger partial charge in [0.2, 0.25) is 5.91 Å². The van der Waals surface area contributed by atoms with E-state index in [9.17, 15) is 14.3 Å². The summed E-state index contributed by atoms with van der Waals surface area (Å²) in [4.78, 5) is 11.0. The van der Waals surface area contributed by atoms with Crippen LogP contribution in [0.15, 0.2) is 24.3 Å². The first kappa shape index (κ1) is 15.9. The van der Waals surface area contributed by atoms with Crippen LogP contribution in [0.2, 0.25) is 0 Å². The third-order valence-electron chi connectivity index (χ3n) is 3.38. The van der Waals surface area contributed by atoms with Crippen molar-refractivity contribution in [2.45, 2.75) is 31.6 Å². The van der Waals surface area contributed by atoms with Gasteiger partial charge in [-0.1, -0.05) is 18.2 Å². The van der Waals surface area contributed by atoms with E-state index in [-0.39, 0.29) is 31.0 Å². The number of carbonyl (C=O) groups is 1. The number of benzene rings is 1. The summed E-state index contributed by atoms with van der Waals surface area (Å²) in [7, 11) is 0. The van der Waals surface area contributed by atoms with Crippen LogP contribution in [-0.4, -0.2) is 42.9 Å². The van der Waals surface area contributed by atoms with Crippen LogP contribution in [0.3, 0.4) is 0 Å². The van der Waals surface area contributed by atoms with E-state index in [0.29, 0.717) is 25.1 Å². The predicted octanol–water partition coefficient (Wildman–Crippen LogP) is 0.571. The SMILES string of the molecule is O=C1CCC(CNCC(O)COCc2ccccc2F)N1. The van der Waals surface area contributed by atoms with Gasteiger partial charge in [-0.15, -0.1) is 0 Å². The third-order valence-corrected chi connectivity index (χ3v) is 3.38. The Balaban J connectivity index is 1.56. The lowest BCUT2D eigenvalue weighted by atomic mass is 10.2. The largest absolute Gasteiger partial charge is 0.389 e. The van der Waals surface area contributed by atoms with Crippen molar-refractivity contribution in [2.24, 2.45) is 0 Å². The summed E-state index contributed by atoms with van der Waals surface area (Å²) >= 11 is 0. The van der Waals surface area contributed by atoms with Crippen molar-refractivity contribution in [3.63, 3.8) is 0 Å². The lowest BCUT2D eigenvalue weighted by Gasteiger charge is -2.15. The van der Waals surface area contributed by atoms with Gasteiger partial charge in [-0.05, 0) is 12.5 Å². The highest BCUT2D eigenvalue weighted by molar-refractivity contribution is 5.78. The molecule has 1 heterocycles. The first-order chi connectivity index (χ1) is 10.1. The highest BCUT2D eigenvalue weighted by Crippen LogP contribution is 2.08. The number of carbonyl (C=O) groups excluding carboxylic acids is 1. The van der Waals surface area contributed by atoms with Gasteiger partial charge in [0.25, 0.3) is 0 Å². The number of aliphatic hydroxyl groups is 1. The summed E-state index contributed by atoms with van der Waals surface area (Å²) in [6.45, 7) is 1.29. The average molecular weight is 296 g/mol. The summed E-state index contributed by atoms with van der Waals surface area (Å²) in [6, 6.07) is 6.55.